The van der Waals surface area contributed by atoms with E-state index in [0.717, 1.165) is 0 Å². The van der Waals surface area contributed by atoms with E-state index in [-0.39, 0.29) is 12.5 Å². The van der Waals surface area contributed by atoms with Gasteiger partial charge in [0.1, 0.15) is 0 Å². The number of rotatable bonds is 4. The normalized spacial score (nSPS) is 9.79. The van der Waals surface area contributed by atoms with Crippen molar-refractivity contribution >= 4 is 11.6 Å². The minimum atomic E-state index is -0.364. The largest absolute Gasteiger partial charge is 0.398 e. The second kappa shape index (κ2) is 5.21. The predicted octanol–water partition coefficient (Wildman–Crippen LogP) is -0.111. The van der Waals surface area contributed by atoms with Crippen LogP contribution in [-0.4, -0.2) is 19.1 Å². The summed E-state index contributed by atoms with van der Waals surface area (Å²) in [6.07, 6.45) is 0. The Balaban J connectivity index is 2.56. The lowest BCUT2D eigenvalue weighted by atomic mass is 10.2. The zero-order chi connectivity index (χ0) is 10.4. The van der Waals surface area contributed by atoms with Crippen LogP contribution in [-0.2, 0) is 4.84 Å². The van der Waals surface area contributed by atoms with Crippen molar-refractivity contribution in [3.63, 3.8) is 0 Å². The number of hydroxylamine groups is 1. The second-order valence-corrected chi connectivity index (χ2v) is 2.66. The topological polar surface area (TPSA) is 90.4 Å². The van der Waals surface area contributed by atoms with Gasteiger partial charge in [-0.05, 0) is 12.1 Å². The highest BCUT2D eigenvalue weighted by Crippen LogP contribution is 2.09. The van der Waals surface area contributed by atoms with E-state index >= 15 is 0 Å². The molecule has 0 radical (unpaired) electrons. The molecule has 0 saturated heterocycles. The molecule has 0 aliphatic carbocycles. The minimum Gasteiger partial charge on any atom is -0.398 e. The van der Waals surface area contributed by atoms with E-state index in [0.29, 0.717) is 17.8 Å². The molecule has 0 aromatic heterocycles. The molecule has 1 aromatic carbocycles. The standard InChI is InChI=1S/C9H13N3O2/c10-5-6-14-12-9(13)7-3-1-2-4-8(7)11/h1-4H,5-6,10-11H2,(H,12,13). The highest BCUT2D eigenvalue weighted by Gasteiger charge is 2.07. The van der Waals surface area contributed by atoms with Crippen LogP contribution >= 0.6 is 0 Å². The Bertz CT molecular complexity index is 315. The first-order valence-electron chi connectivity index (χ1n) is 4.22. The molecular weight excluding hydrogens is 182 g/mol. The molecule has 0 spiro atoms. The van der Waals surface area contributed by atoms with Crippen molar-refractivity contribution in [2.45, 2.75) is 0 Å². The summed E-state index contributed by atoms with van der Waals surface area (Å²) in [5.74, 6) is -0.364. The van der Waals surface area contributed by atoms with Gasteiger partial charge in [0.15, 0.2) is 0 Å². The summed E-state index contributed by atoms with van der Waals surface area (Å²) in [7, 11) is 0. The molecular formula is C9H13N3O2. The molecule has 0 bridgehead atoms. The number of hydrogen-bond acceptors (Lipinski definition) is 4. The van der Waals surface area contributed by atoms with Crippen molar-refractivity contribution in [1.29, 1.82) is 0 Å². The third kappa shape index (κ3) is 2.72. The monoisotopic (exact) mass is 195 g/mol. The first kappa shape index (κ1) is 10.5. The van der Waals surface area contributed by atoms with Gasteiger partial charge in [-0.15, -0.1) is 0 Å². The average molecular weight is 195 g/mol. The van der Waals surface area contributed by atoms with Gasteiger partial charge in [0, 0.05) is 12.2 Å². The number of benzene rings is 1. The Morgan fingerprint density at radius 1 is 1.43 bits per heavy atom. The van der Waals surface area contributed by atoms with Crippen molar-refractivity contribution in [3.05, 3.63) is 29.8 Å². The second-order valence-electron chi connectivity index (χ2n) is 2.66. The van der Waals surface area contributed by atoms with E-state index < -0.39 is 0 Å². The predicted molar refractivity (Wildman–Crippen MR) is 53.3 cm³/mol. The number of nitrogens with two attached hydrogens (primary N) is 2. The molecule has 14 heavy (non-hydrogen) atoms. The van der Waals surface area contributed by atoms with Crippen molar-refractivity contribution in [2.75, 3.05) is 18.9 Å². The third-order valence-electron chi connectivity index (χ3n) is 1.59. The number of anilines is 1. The minimum absolute atomic E-state index is 0.276. The van der Waals surface area contributed by atoms with Crippen molar-refractivity contribution < 1.29 is 9.63 Å². The summed E-state index contributed by atoms with van der Waals surface area (Å²) in [6.45, 7) is 0.628. The molecule has 0 heterocycles. The van der Waals surface area contributed by atoms with Crippen LogP contribution in [0.25, 0.3) is 0 Å². The third-order valence-corrected chi connectivity index (χ3v) is 1.59. The lowest BCUT2D eigenvalue weighted by Gasteiger charge is -2.06. The molecule has 0 atom stereocenters. The number of nitrogen functional groups attached to an aromatic ring is 1. The van der Waals surface area contributed by atoms with Gasteiger partial charge in [-0.3, -0.25) is 9.63 Å². The Morgan fingerprint density at radius 3 is 2.79 bits per heavy atom. The maximum atomic E-state index is 11.4. The van der Waals surface area contributed by atoms with E-state index in [1.165, 1.54) is 0 Å². The number of nitrogens with one attached hydrogen (secondary N) is 1. The highest BCUT2D eigenvalue weighted by atomic mass is 16.6. The summed E-state index contributed by atoms with van der Waals surface area (Å²) in [4.78, 5) is 16.2. The summed E-state index contributed by atoms with van der Waals surface area (Å²) >= 11 is 0. The van der Waals surface area contributed by atoms with Crippen LogP contribution in [0, 0.1) is 0 Å². The highest BCUT2D eigenvalue weighted by molar-refractivity contribution is 5.98. The Kier molecular flexibility index (Phi) is 3.90. The van der Waals surface area contributed by atoms with Crippen LogP contribution in [0.1, 0.15) is 10.4 Å². The van der Waals surface area contributed by atoms with Gasteiger partial charge in [0.25, 0.3) is 5.91 Å². The Hall–Kier alpha value is -1.59. The molecule has 0 unspecified atom stereocenters. The van der Waals surface area contributed by atoms with Crippen LogP contribution in [0.2, 0.25) is 0 Å². The fourth-order valence-corrected chi connectivity index (χ4v) is 0.934. The zero-order valence-corrected chi connectivity index (χ0v) is 7.69. The van der Waals surface area contributed by atoms with E-state index in [1.807, 2.05) is 0 Å². The average Bonchev–Trinajstić information content (AvgIpc) is 2.18. The molecule has 1 amide bonds. The lowest BCUT2D eigenvalue weighted by molar-refractivity contribution is 0.0344. The van der Waals surface area contributed by atoms with E-state index in [2.05, 4.69) is 5.48 Å². The van der Waals surface area contributed by atoms with E-state index in [4.69, 9.17) is 16.3 Å². The van der Waals surface area contributed by atoms with Crippen LogP contribution in [0.4, 0.5) is 5.69 Å². The summed E-state index contributed by atoms with van der Waals surface area (Å²) in [5, 5.41) is 0. The number of para-hydroxylation sites is 1. The molecule has 1 rings (SSSR count). The van der Waals surface area contributed by atoms with E-state index in [9.17, 15) is 4.79 Å². The molecule has 0 saturated carbocycles. The van der Waals surface area contributed by atoms with Crippen LogP contribution in [0.3, 0.4) is 0 Å². The summed E-state index contributed by atoms with van der Waals surface area (Å²) in [5.41, 5.74) is 13.8. The number of hydrogen-bond donors (Lipinski definition) is 3. The Morgan fingerprint density at radius 2 is 2.14 bits per heavy atom. The van der Waals surface area contributed by atoms with Gasteiger partial charge >= 0.3 is 0 Å². The van der Waals surface area contributed by atoms with Crippen molar-refractivity contribution in [3.8, 4) is 0 Å². The zero-order valence-electron chi connectivity index (χ0n) is 7.69. The molecule has 76 valence electrons. The van der Waals surface area contributed by atoms with Gasteiger partial charge in [0.2, 0.25) is 0 Å². The summed E-state index contributed by atoms with van der Waals surface area (Å²) < 4.78 is 0. The molecule has 0 aliphatic heterocycles. The molecule has 0 fully saturated rings. The van der Waals surface area contributed by atoms with Gasteiger partial charge in [0.05, 0.1) is 12.2 Å². The maximum Gasteiger partial charge on any atom is 0.276 e. The van der Waals surface area contributed by atoms with Crippen LogP contribution in [0.5, 0.6) is 0 Å². The van der Waals surface area contributed by atoms with Gasteiger partial charge in [-0.1, -0.05) is 12.1 Å². The fourth-order valence-electron chi connectivity index (χ4n) is 0.934. The molecule has 1 aromatic rings. The molecule has 5 nitrogen and oxygen atoms in total. The van der Waals surface area contributed by atoms with Gasteiger partial charge in [-0.2, -0.15) is 0 Å². The molecule has 5 N–H and O–H groups in total. The Labute approximate surface area is 82.0 Å². The van der Waals surface area contributed by atoms with Crippen LogP contribution in [0.15, 0.2) is 24.3 Å². The summed E-state index contributed by atoms with van der Waals surface area (Å²) in [6, 6.07) is 6.76. The smallest absolute Gasteiger partial charge is 0.276 e. The maximum absolute atomic E-state index is 11.4. The van der Waals surface area contributed by atoms with Gasteiger partial charge < -0.3 is 11.5 Å². The number of carbonyl (C=O) groups is 1. The first-order valence-corrected chi connectivity index (χ1v) is 4.22. The fraction of sp³-hybridized carbons (Fsp3) is 0.222. The molecule has 0 aliphatic rings. The quantitative estimate of drug-likeness (QED) is 0.355. The lowest BCUT2D eigenvalue weighted by Crippen LogP contribution is -2.27. The number of carbonyl (C=O) groups excluding carboxylic acids is 1. The SMILES string of the molecule is NCCONC(=O)c1ccccc1N. The first-order chi connectivity index (χ1) is 6.75. The van der Waals surface area contributed by atoms with Crippen LogP contribution < -0.4 is 16.9 Å². The number of amides is 1. The van der Waals surface area contributed by atoms with Crippen molar-refractivity contribution in [1.82, 2.24) is 5.48 Å². The molecule has 5 heteroatoms. The van der Waals surface area contributed by atoms with Crippen molar-refractivity contribution in [2.24, 2.45) is 5.73 Å². The van der Waals surface area contributed by atoms with E-state index in [1.54, 1.807) is 24.3 Å². The van der Waals surface area contributed by atoms with Gasteiger partial charge in [-0.25, -0.2) is 5.48 Å².